The normalized spacial score (nSPS) is 20.3. The maximum atomic E-state index is 12.6. The fraction of sp³-hybridized carbons (Fsp3) is 0.278. The summed E-state index contributed by atoms with van der Waals surface area (Å²) in [5, 5.41) is 0. The zero-order valence-electron chi connectivity index (χ0n) is 14.2. The number of dihydropyridines is 1. The Kier molecular flexibility index (Phi) is 4.67. The van der Waals surface area contributed by atoms with Crippen molar-refractivity contribution in [2.45, 2.75) is 6.92 Å². The average molecular weight is 356 g/mol. The number of allylic oxidation sites excluding steroid dienone is 1. The van der Waals surface area contributed by atoms with Gasteiger partial charge in [-0.25, -0.2) is 4.79 Å². The predicted octanol–water partition coefficient (Wildman–Crippen LogP) is 2.21. The van der Waals surface area contributed by atoms with Crippen molar-refractivity contribution in [1.29, 1.82) is 0 Å². The van der Waals surface area contributed by atoms with Crippen LogP contribution in [-0.2, 0) is 4.79 Å². The zero-order chi connectivity index (χ0) is 18.1. The van der Waals surface area contributed by atoms with E-state index in [1.54, 1.807) is 25.4 Å². The predicted molar refractivity (Wildman–Crippen MR) is 97.3 cm³/mol. The summed E-state index contributed by atoms with van der Waals surface area (Å²) in [6.07, 6.45) is 1.64. The van der Waals surface area contributed by atoms with E-state index in [9.17, 15) is 14.4 Å². The molecule has 1 aromatic carbocycles. The summed E-state index contributed by atoms with van der Waals surface area (Å²) in [5.41, 5.74) is 1.48. The number of thioether (sulfide) groups is 1. The van der Waals surface area contributed by atoms with Crippen LogP contribution >= 0.6 is 11.8 Å². The second-order valence-corrected chi connectivity index (χ2v) is 6.93. The fourth-order valence-corrected chi connectivity index (χ4v) is 3.91. The lowest BCUT2D eigenvalue weighted by Crippen LogP contribution is -2.52. The molecule has 0 aliphatic carbocycles. The fourth-order valence-electron chi connectivity index (χ4n) is 2.81. The van der Waals surface area contributed by atoms with Crippen LogP contribution in [0.2, 0.25) is 0 Å². The number of amidine groups is 1. The number of aliphatic imine (C=N–C) groups is 1. The smallest absolute Gasteiger partial charge is 0.293 e. The van der Waals surface area contributed by atoms with Crippen molar-refractivity contribution >= 4 is 41.5 Å². The van der Waals surface area contributed by atoms with E-state index >= 15 is 0 Å². The number of nitrogens with zero attached hydrogens (tertiary/aromatic N) is 3. The van der Waals surface area contributed by atoms with Gasteiger partial charge in [-0.15, -0.1) is 16.8 Å². The first-order valence-electron chi connectivity index (χ1n) is 7.79. The van der Waals surface area contributed by atoms with E-state index in [2.05, 4.69) is 4.99 Å². The number of ketones is 1. The lowest BCUT2D eigenvalue weighted by molar-refractivity contribution is -0.407. The molecular weight excluding hydrogens is 338 g/mol. The molecule has 7 heteroatoms. The molecule has 1 atom stereocenters. The molecule has 0 bridgehead atoms. The van der Waals surface area contributed by atoms with Gasteiger partial charge in [-0.3, -0.25) is 9.59 Å². The minimum atomic E-state index is -0.633. The Bertz CT molecular complexity index is 856. The molecule has 0 aromatic heterocycles. The van der Waals surface area contributed by atoms with E-state index in [0.29, 0.717) is 11.4 Å². The van der Waals surface area contributed by atoms with E-state index in [4.69, 9.17) is 0 Å². The highest BCUT2D eigenvalue weighted by molar-refractivity contribution is 8.03. The first-order chi connectivity index (χ1) is 11.9. The highest BCUT2D eigenvalue weighted by atomic mass is 32.2. The number of urea groups is 1. The van der Waals surface area contributed by atoms with Gasteiger partial charge in [0, 0.05) is 10.5 Å². The molecule has 1 aromatic rings. The quantitative estimate of drug-likeness (QED) is 0.613. The monoisotopic (exact) mass is 356 g/mol. The van der Waals surface area contributed by atoms with Gasteiger partial charge in [0.1, 0.15) is 6.21 Å². The summed E-state index contributed by atoms with van der Waals surface area (Å²) in [5.74, 6) is -0.317. The van der Waals surface area contributed by atoms with E-state index in [1.165, 1.54) is 23.4 Å². The Morgan fingerprint density at radius 1 is 1.28 bits per heavy atom. The summed E-state index contributed by atoms with van der Waals surface area (Å²) >= 11 is 1.34. The number of carbonyl (C=O) groups is 3. The van der Waals surface area contributed by atoms with E-state index < -0.39 is 11.9 Å². The molecule has 3 rings (SSSR count). The third-order valence-electron chi connectivity index (χ3n) is 4.25. The van der Waals surface area contributed by atoms with Crippen LogP contribution in [0.3, 0.4) is 0 Å². The van der Waals surface area contributed by atoms with E-state index in [-0.39, 0.29) is 17.4 Å². The van der Waals surface area contributed by atoms with Crippen LogP contribution in [0.5, 0.6) is 0 Å². The number of carbonyl (C=O) groups excluding carboxylic acids is 3. The van der Waals surface area contributed by atoms with Crippen LogP contribution in [0.25, 0.3) is 0 Å². The number of hydrogen-bond donors (Lipinski definition) is 0. The second kappa shape index (κ2) is 6.76. The molecule has 2 aliphatic heterocycles. The molecule has 0 spiro atoms. The van der Waals surface area contributed by atoms with Crippen molar-refractivity contribution in [3.8, 4) is 0 Å². The molecule has 2 heterocycles. The molecule has 128 valence electrons. The Labute approximate surface area is 149 Å². The number of amides is 3. The number of fused-ring (bicyclic) bond motifs is 1. The average Bonchev–Trinajstić information content (AvgIpc) is 2.63. The number of imide groups is 1. The maximum Gasteiger partial charge on any atom is 0.445 e. The van der Waals surface area contributed by atoms with Gasteiger partial charge >= 0.3 is 11.9 Å². The lowest BCUT2D eigenvalue weighted by atomic mass is 9.99. The van der Waals surface area contributed by atoms with Gasteiger partial charge in [0.2, 0.25) is 0 Å². The van der Waals surface area contributed by atoms with Crippen molar-refractivity contribution in [3.05, 3.63) is 46.4 Å². The molecular formula is C18H18N3O3S+. The van der Waals surface area contributed by atoms with Gasteiger partial charge in [0.25, 0.3) is 5.84 Å². The molecule has 0 fully saturated rings. The van der Waals surface area contributed by atoms with Crippen LogP contribution < -0.4 is 0 Å². The van der Waals surface area contributed by atoms with E-state index in [1.807, 2.05) is 25.1 Å². The van der Waals surface area contributed by atoms with Gasteiger partial charge in [0.05, 0.1) is 19.8 Å². The van der Waals surface area contributed by atoms with Crippen LogP contribution in [-0.4, -0.2) is 59.1 Å². The summed E-state index contributed by atoms with van der Waals surface area (Å²) in [4.78, 5) is 43.2. The molecule has 0 saturated carbocycles. The molecule has 0 radical (unpaired) electrons. The number of rotatable bonds is 4. The van der Waals surface area contributed by atoms with Gasteiger partial charge in [0.15, 0.2) is 11.7 Å². The largest absolute Gasteiger partial charge is 0.445 e. The third-order valence-corrected chi connectivity index (χ3v) is 5.52. The zero-order valence-corrected chi connectivity index (χ0v) is 15.0. The van der Waals surface area contributed by atoms with Crippen molar-refractivity contribution in [1.82, 2.24) is 4.90 Å². The van der Waals surface area contributed by atoms with Gasteiger partial charge in [-0.2, -0.15) is 9.48 Å². The second-order valence-electron chi connectivity index (χ2n) is 5.91. The van der Waals surface area contributed by atoms with Crippen LogP contribution in [0.15, 0.2) is 45.8 Å². The minimum Gasteiger partial charge on any atom is -0.293 e. The SMILES string of the molecule is CC1=C(SCC(=O)c2ccccc2)C2C(=O)N(C)C(=O)[N+](C)=C2N=C1. The number of benzene rings is 1. The maximum absolute atomic E-state index is 12.6. The molecule has 6 nitrogen and oxygen atoms in total. The molecule has 1 unspecified atom stereocenters. The highest BCUT2D eigenvalue weighted by Gasteiger charge is 2.47. The summed E-state index contributed by atoms with van der Waals surface area (Å²) in [6, 6.07) is 8.64. The van der Waals surface area contributed by atoms with Crippen LogP contribution in [0, 0.1) is 5.92 Å². The van der Waals surface area contributed by atoms with Crippen LogP contribution in [0.4, 0.5) is 4.79 Å². The van der Waals surface area contributed by atoms with Gasteiger partial charge < -0.3 is 0 Å². The molecule has 3 amide bonds. The minimum absolute atomic E-state index is 0.00370. The molecule has 2 aliphatic rings. The summed E-state index contributed by atoms with van der Waals surface area (Å²) < 4.78 is 1.38. The molecule has 25 heavy (non-hydrogen) atoms. The topological polar surface area (TPSA) is 69.8 Å². The third kappa shape index (κ3) is 3.07. The Balaban J connectivity index is 1.88. The van der Waals surface area contributed by atoms with E-state index in [0.717, 1.165) is 15.4 Å². The lowest BCUT2D eigenvalue weighted by Gasteiger charge is -2.27. The standard InChI is InChI=1S/C18H18N3O3S/c1-11-9-19-16-14(17(23)21(3)18(24)20(16)2)15(11)25-10-13(22)12-7-5-4-6-8-12/h4-9,14H,10H2,1-3H3/q+1. The Hall–Kier alpha value is -2.54. The summed E-state index contributed by atoms with van der Waals surface area (Å²) in [7, 11) is 3.06. The van der Waals surface area contributed by atoms with Crippen LogP contribution in [0.1, 0.15) is 17.3 Å². The van der Waals surface area contributed by atoms with Crippen molar-refractivity contribution in [3.63, 3.8) is 0 Å². The van der Waals surface area contributed by atoms with Crippen molar-refractivity contribution in [2.24, 2.45) is 10.9 Å². The number of hydrogen-bond acceptors (Lipinski definition) is 5. The van der Waals surface area contributed by atoms with Gasteiger partial charge in [-0.05, 0) is 12.5 Å². The first kappa shape index (κ1) is 17.3. The first-order valence-corrected chi connectivity index (χ1v) is 8.78. The highest BCUT2D eigenvalue weighted by Crippen LogP contribution is 2.34. The molecule has 0 N–H and O–H groups in total. The Morgan fingerprint density at radius 2 is 1.96 bits per heavy atom. The molecule has 0 saturated heterocycles. The summed E-state index contributed by atoms with van der Waals surface area (Å²) in [6.45, 7) is 1.86. The van der Waals surface area contributed by atoms with Crippen molar-refractivity contribution in [2.75, 3.05) is 19.8 Å². The van der Waals surface area contributed by atoms with Gasteiger partial charge in [-0.1, -0.05) is 30.3 Å². The van der Waals surface area contributed by atoms with Crippen molar-refractivity contribution < 1.29 is 19.0 Å². The Morgan fingerprint density at radius 3 is 2.64 bits per heavy atom. The number of Topliss-reactive ketones (excluding diaryl/α,β-unsaturated/α-hetero) is 1.